The molecule has 0 saturated heterocycles. The lowest BCUT2D eigenvalue weighted by Crippen LogP contribution is -2.30. The van der Waals surface area contributed by atoms with Gasteiger partial charge in [-0.3, -0.25) is 0 Å². The third-order valence-electron chi connectivity index (χ3n) is 2.41. The fraction of sp³-hybridized carbons (Fsp3) is 0.462. The van der Waals surface area contributed by atoms with E-state index in [1.807, 2.05) is 24.3 Å². The Morgan fingerprint density at radius 1 is 1.41 bits per heavy atom. The number of benzene rings is 1. The summed E-state index contributed by atoms with van der Waals surface area (Å²) in [5.41, 5.74) is 0.226. The van der Waals surface area contributed by atoms with Gasteiger partial charge in [0.05, 0.1) is 12.7 Å². The van der Waals surface area contributed by atoms with Crippen molar-refractivity contribution < 1.29 is 9.84 Å². The Balaban J connectivity index is 2.62. The average molecular weight is 298 g/mol. The lowest BCUT2D eigenvalue weighted by atomic mass is 9.98. The van der Waals surface area contributed by atoms with Crippen molar-refractivity contribution in [1.29, 1.82) is 5.26 Å². The van der Waals surface area contributed by atoms with Crippen LogP contribution >= 0.6 is 15.9 Å². The molecule has 0 fully saturated rings. The van der Waals surface area contributed by atoms with Gasteiger partial charge in [-0.2, -0.15) is 5.26 Å². The van der Waals surface area contributed by atoms with E-state index in [0.29, 0.717) is 19.4 Å². The fourth-order valence-corrected chi connectivity index (χ4v) is 1.74. The summed E-state index contributed by atoms with van der Waals surface area (Å²) in [6.07, 6.45) is 1.10. The Hall–Kier alpha value is -0.890. The van der Waals surface area contributed by atoms with Crippen molar-refractivity contribution in [3.8, 4) is 6.07 Å². The topological polar surface area (TPSA) is 53.2 Å². The molecule has 1 atom stereocenters. The quantitative estimate of drug-likeness (QED) is 0.822. The second-order valence-corrected chi connectivity index (χ2v) is 4.99. The minimum Gasteiger partial charge on any atom is -0.396 e. The van der Waals surface area contributed by atoms with E-state index in [4.69, 9.17) is 15.1 Å². The summed E-state index contributed by atoms with van der Waals surface area (Å²) in [6, 6.07) is 10.0. The molecule has 0 aliphatic rings. The Morgan fingerprint density at radius 2 is 2.06 bits per heavy atom. The summed E-state index contributed by atoms with van der Waals surface area (Å²) in [7, 11) is 0. The molecule has 4 heteroatoms. The summed E-state index contributed by atoms with van der Waals surface area (Å²) in [5, 5.41) is 17.8. The van der Waals surface area contributed by atoms with Crippen molar-refractivity contribution in [3.05, 3.63) is 34.3 Å². The van der Waals surface area contributed by atoms with Gasteiger partial charge in [-0.05, 0) is 31.0 Å². The smallest absolute Gasteiger partial charge is 0.155 e. The highest BCUT2D eigenvalue weighted by Crippen LogP contribution is 2.19. The van der Waals surface area contributed by atoms with Crippen molar-refractivity contribution in [2.75, 3.05) is 13.2 Å². The molecule has 17 heavy (non-hydrogen) atoms. The van der Waals surface area contributed by atoms with Gasteiger partial charge in [0.25, 0.3) is 0 Å². The van der Waals surface area contributed by atoms with E-state index in [1.54, 1.807) is 6.92 Å². The molecule has 1 aromatic rings. The minimum absolute atomic E-state index is 0.0831. The van der Waals surface area contributed by atoms with Gasteiger partial charge in [0.2, 0.25) is 0 Å². The maximum absolute atomic E-state index is 9.15. The van der Waals surface area contributed by atoms with Crippen LogP contribution in [0.5, 0.6) is 0 Å². The molecule has 0 heterocycles. The van der Waals surface area contributed by atoms with Crippen LogP contribution in [-0.4, -0.2) is 23.9 Å². The number of nitrogens with zero attached hydrogens (tertiary/aromatic N) is 1. The summed E-state index contributed by atoms with van der Waals surface area (Å²) in [4.78, 5) is 0. The number of hydrogen-bond acceptors (Lipinski definition) is 3. The lowest BCUT2D eigenvalue weighted by Gasteiger charge is -2.22. The van der Waals surface area contributed by atoms with Crippen LogP contribution < -0.4 is 0 Å². The number of hydrogen-bond donors (Lipinski definition) is 1. The molecule has 1 unspecified atom stereocenters. The zero-order valence-corrected chi connectivity index (χ0v) is 11.4. The SMILES string of the molecule is CC(C#N)(Cc1ccc(Br)cc1)OCCCO. The fourth-order valence-electron chi connectivity index (χ4n) is 1.48. The summed E-state index contributed by atoms with van der Waals surface area (Å²) in [6.45, 7) is 2.25. The molecular weight excluding hydrogens is 282 g/mol. The van der Waals surface area contributed by atoms with Crippen molar-refractivity contribution in [3.63, 3.8) is 0 Å². The first-order chi connectivity index (χ1) is 8.09. The van der Waals surface area contributed by atoms with Gasteiger partial charge in [0.15, 0.2) is 5.60 Å². The van der Waals surface area contributed by atoms with Gasteiger partial charge in [0.1, 0.15) is 0 Å². The van der Waals surface area contributed by atoms with E-state index in [-0.39, 0.29) is 6.61 Å². The maximum atomic E-state index is 9.15. The van der Waals surface area contributed by atoms with E-state index < -0.39 is 5.60 Å². The number of aliphatic hydroxyl groups excluding tert-OH is 1. The van der Waals surface area contributed by atoms with Crippen molar-refractivity contribution >= 4 is 15.9 Å². The predicted molar refractivity (Wildman–Crippen MR) is 69.5 cm³/mol. The Bertz CT molecular complexity index is 385. The first-order valence-electron chi connectivity index (χ1n) is 5.50. The van der Waals surface area contributed by atoms with Crippen LogP contribution in [-0.2, 0) is 11.2 Å². The van der Waals surface area contributed by atoms with Crippen molar-refractivity contribution in [2.45, 2.75) is 25.4 Å². The average Bonchev–Trinajstić information content (AvgIpc) is 2.33. The third kappa shape index (κ3) is 4.86. The maximum Gasteiger partial charge on any atom is 0.155 e. The molecule has 1 N–H and O–H groups in total. The van der Waals surface area contributed by atoms with Crippen LogP contribution in [0.1, 0.15) is 18.9 Å². The standard InChI is InChI=1S/C13H16BrNO2/c1-13(10-15,17-8-2-7-16)9-11-3-5-12(14)6-4-11/h3-6,16H,2,7-9H2,1H3. The van der Waals surface area contributed by atoms with Gasteiger partial charge in [0, 0.05) is 17.5 Å². The Kier molecular flexibility index (Phi) is 5.63. The van der Waals surface area contributed by atoms with Crippen molar-refractivity contribution in [1.82, 2.24) is 0 Å². The summed E-state index contributed by atoms with van der Waals surface area (Å²) < 4.78 is 6.54. The molecule has 1 rings (SSSR count). The van der Waals surface area contributed by atoms with Crippen LogP contribution in [0.3, 0.4) is 0 Å². The Morgan fingerprint density at radius 3 is 2.59 bits per heavy atom. The normalized spacial score (nSPS) is 14.0. The van der Waals surface area contributed by atoms with E-state index in [1.165, 1.54) is 0 Å². The highest BCUT2D eigenvalue weighted by Gasteiger charge is 2.24. The number of aliphatic hydroxyl groups is 1. The number of ether oxygens (including phenoxy) is 1. The van der Waals surface area contributed by atoms with Crippen LogP contribution in [0.4, 0.5) is 0 Å². The van der Waals surface area contributed by atoms with E-state index >= 15 is 0 Å². The first kappa shape index (κ1) is 14.2. The molecule has 0 saturated carbocycles. The monoisotopic (exact) mass is 297 g/mol. The molecule has 1 aromatic carbocycles. The predicted octanol–water partition coefficient (Wildman–Crippen LogP) is 2.67. The lowest BCUT2D eigenvalue weighted by molar-refractivity contribution is 0.00518. The molecule has 0 bridgehead atoms. The molecule has 92 valence electrons. The highest BCUT2D eigenvalue weighted by atomic mass is 79.9. The number of halogens is 1. The van der Waals surface area contributed by atoms with Gasteiger partial charge in [-0.1, -0.05) is 28.1 Å². The molecule has 0 aliphatic carbocycles. The first-order valence-corrected chi connectivity index (χ1v) is 6.29. The summed E-state index contributed by atoms with van der Waals surface area (Å²) >= 11 is 3.37. The molecule has 0 radical (unpaired) electrons. The van der Waals surface area contributed by atoms with Gasteiger partial charge >= 0.3 is 0 Å². The largest absolute Gasteiger partial charge is 0.396 e. The van der Waals surface area contributed by atoms with E-state index in [0.717, 1.165) is 10.0 Å². The second kappa shape index (κ2) is 6.75. The van der Waals surface area contributed by atoms with Crippen LogP contribution in [0, 0.1) is 11.3 Å². The van der Waals surface area contributed by atoms with Gasteiger partial charge < -0.3 is 9.84 Å². The molecule has 3 nitrogen and oxygen atoms in total. The van der Waals surface area contributed by atoms with E-state index in [2.05, 4.69) is 22.0 Å². The molecule has 0 aliphatic heterocycles. The second-order valence-electron chi connectivity index (χ2n) is 4.07. The summed E-state index contributed by atoms with van der Waals surface area (Å²) in [5.74, 6) is 0. The van der Waals surface area contributed by atoms with Crippen molar-refractivity contribution in [2.24, 2.45) is 0 Å². The third-order valence-corrected chi connectivity index (χ3v) is 2.94. The zero-order chi connectivity index (χ0) is 12.7. The van der Waals surface area contributed by atoms with Crippen LogP contribution in [0.25, 0.3) is 0 Å². The number of nitriles is 1. The Labute approximate surface area is 110 Å². The number of rotatable bonds is 6. The highest BCUT2D eigenvalue weighted by molar-refractivity contribution is 9.10. The van der Waals surface area contributed by atoms with Crippen LogP contribution in [0.15, 0.2) is 28.7 Å². The van der Waals surface area contributed by atoms with Gasteiger partial charge in [-0.15, -0.1) is 0 Å². The molecule has 0 amide bonds. The molecule has 0 spiro atoms. The van der Waals surface area contributed by atoms with Gasteiger partial charge in [-0.25, -0.2) is 0 Å². The van der Waals surface area contributed by atoms with Crippen LogP contribution in [0.2, 0.25) is 0 Å². The minimum atomic E-state index is -0.830. The molecule has 0 aromatic heterocycles. The zero-order valence-electron chi connectivity index (χ0n) is 9.82. The van der Waals surface area contributed by atoms with E-state index in [9.17, 15) is 0 Å². The molecular formula is C13H16BrNO2.